The van der Waals surface area contributed by atoms with E-state index in [1.54, 1.807) is 55.6 Å². The molecule has 4 aromatic rings. The van der Waals surface area contributed by atoms with Crippen molar-refractivity contribution in [1.82, 2.24) is 14.8 Å². The number of nitrogens with zero attached hydrogens (tertiary/aromatic N) is 3. The Balaban J connectivity index is 1.59. The Morgan fingerprint density at radius 2 is 1.74 bits per heavy atom. The molecular formula is C22H14Cl3FN4O. The van der Waals surface area contributed by atoms with Crippen LogP contribution in [-0.4, -0.2) is 20.7 Å². The average Bonchev–Trinajstić information content (AvgIpc) is 3.11. The van der Waals surface area contributed by atoms with Crippen LogP contribution in [-0.2, 0) is 7.05 Å². The minimum atomic E-state index is -0.502. The number of aromatic nitrogens is 3. The van der Waals surface area contributed by atoms with E-state index in [1.165, 1.54) is 16.8 Å². The first-order valence-electron chi connectivity index (χ1n) is 9.06. The molecule has 31 heavy (non-hydrogen) atoms. The van der Waals surface area contributed by atoms with Gasteiger partial charge in [-0.3, -0.25) is 4.79 Å². The largest absolute Gasteiger partial charge is 0.321 e. The number of amides is 1. The van der Waals surface area contributed by atoms with Crippen LogP contribution in [0.1, 0.15) is 10.4 Å². The maximum absolute atomic E-state index is 14.2. The van der Waals surface area contributed by atoms with Crippen LogP contribution < -0.4 is 5.32 Å². The molecule has 0 aliphatic carbocycles. The number of carbonyl (C=O) groups excluding carboxylic acids is 1. The van der Waals surface area contributed by atoms with Crippen molar-refractivity contribution in [1.29, 1.82) is 0 Å². The molecule has 0 fully saturated rings. The third-order valence-electron chi connectivity index (χ3n) is 4.53. The molecule has 0 atom stereocenters. The molecule has 156 valence electrons. The van der Waals surface area contributed by atoms with Gasteiger partial charge in [0.2, 0.25) is 0 Å². The van der Waals surface area contributed by atoms with E-state index in [1.807, 2.05) is 0 Å². The van der Waals surface area contributed by atoms with Gasteiger partial charge in [0, 0.05) is 23.2 Å². The molecule has 0 saturated heterocycles. The number of anilines is 1. The van der Waals surface area contributed by atoms with Crippen molar-refractivity contribution in [2.75, 3.05) is 5.32 Å². The highest BCUT2D eigenvalue weighted by molar-refractivity contribution is 6.36. The highest BCUT2D eigenvalue weighted by Crippen LogP contribution is 2.30. The summed E-state index contributed by atoms with van der Waals surface area (Å²) in [4.78, 5) is 17.0. The molecule has 9 heteroatoms. The summed E-state index contributed by atoms with van der Waals surface area (Å²) in [7, 11) is 1.70. The maximum atomic E-state index is 14.2. The minimum Gasteiger partial charge on any atom is -0.321 e. The predicted octanol–water partition coefficient (Wildman–Crippen LogP) is 6.50. The van der Waals surface area contributed by atoms with Crippen LogP contribution in [0, 0.1) is 5.82 Å². The third-order valence-corrected chi connectivity index (χ3v) is 5.40. The number of benzene rings is 3. The molecule has 0 aliphatic heterocycles. The molecule has 1 heterocycles. The Hall–Kier alpha value is -2.93. The summed E-state index contributed by atoms with van der Waals surface area (Å²) in [6.45, 7) is 0. The van der Waals surface area contributed by atoms with Gasteiger partial charge < -0.3 is 5.32 Å². The number of nitrogens with one attached hydrogen (secondary N) is 1. The molecule has 0 bridgehead atoms. The van der Waals surface area contributed by atoms with E-state index in [-0.39, 0.29) is 22.3 Å². The molecule has 0 aliphatic rings. The number of halogens is 4. The topological polar surface area (TPSA) is 59.8 Å². The van der Waals surface area contributed by atoms with E-state index in [0.29, 0.717) is 32.7 Å². The van der Waals surface area contributed by atoms with Gasteiger partial charge in [-0.15, -0.1) is 0 Å². The molecule has 0 unspecified atom stereocenters. The minimum absolute atomic E-state index is 0.141. The van der Waals surface area contributed by atoms with Gasteiger partial charge in [0.15, 0.2) is 11.6 Å². The summed E-state index contributed by atoms with van der Waals surface area (Å²) in [6, 6.07) is 16.0. The Kier molecular flexibility index (Phi) is 5.96. The lowest BCUT2D eigenvalue weighted by Gasteiger charge is -2.08. The predicted molar refractivity (Wildman–Crippen MR) is 121 cm³/mol. The monoisotopic (exact) mass is 474 g/mol. The zero-order valence-corrected chi connectivity index (χ0v) is 18.3. The second-order valence-corrected chi connectivity index (χ2v) is 7.89. The van der Waals surface area contributed by atoms with Crippen LogP contribution in [0.5, 0.6) is 0 Å². The van der Waals surface area contributed by atoms with E-state index in [9.17, 15) is 9.18 Å². The second-order valence-electron chi connectivity index (χ2n) is 6.63. The normalized spacial score (nSPS) is 10.9. The smallest absolute Gasteiger partial charge is 0.255 e. The third kappa shape index (κ3) is 4.42. The fraction of sp³-hybridized carbons (Fsp3) is 0.0455. The number of rotatable bonds is 4. The van der Waals surface area contributed by atoms with Gasteiger partial charge in [-0.25, -0.2) is 14.1 Å². The van der Waals surface area contributed by atoms with Crippen molar-refractivity contribution in [3.05, 3.63) is 87.1 Å². The fourth-order valence-electron chi connectivity index (χ4n) is 3.01. The summed E-state index contributed by atoms with van der Waals surface area (Å²) in [5, 5.41) is 8.08. The lowest BCUT2D eigenvalue weighted by Crippen LogP contribution is -2.12. The van der Waals surface area contributed by atoms with Gasteiger partial charge in [0.1, 0.15) is 5.82 Å². The van der Waals surface area contributed by atoms with Crippen LogP contribution in [0.3, 0.4) is 0 Å². The number of hydrogen-bond donors (Lipinski definition) is 1. The highest BCUT2D eigenvalue weighted by atomic mass is 35.5. The van der Waals surface area contributed by atoms with E-state index in [0.717, 1.165) is 0 Å². The standard InChI is InChI=1S/C22H14Cl3FN4O/c1-30-21(28-20(29-30)19-15(24)3-2-4-17(19)26)12-5-7-13(8-6-12)22(31)27-18-10-9-14(23)11-16(18)25/h2-11H,1H3,(H,27,31). The van der Waals surface area contributed by atoms with E-state index in [2.05, 4.69) is 15.4 Å². The Labute approximate surface area is 192 Å². The summed E-state index contributed by atoms with van der Waals surface area (Å²) < 4.78 is 15.7. The van der Waals surface area contributed by atoms with Crippen molar-refractivity contribution in [3.8, 4) is 22.8 Å². The van der Waals surface area contributed by atoms with Crippen molar-refractivity contribution in [2.24, 2.45) is 7.05 Å². The molecule has 1 N–H and O–H groups in total. The van der Waals surface area contributed by atoms with E-state index in [4.69, 9.17) is 34.8 Å². The molecule has 3 aromatic carbocycles. The summed E-state index contributed by atoms with van der Waals surface area (Å²) >= 11 is 18.1. The highest BCUT2D eigenvalue weighted by Gasteiger charge is 2.18. The fourth-order valence-corrected chi connectivity index (χ4v) is 3.71. The van der Waals surface area contributed by atoms with Crippen molar-refractivity contribution >= 4 is 46.4 Å². The average molecular weight is 476 g/mol. The molecular weight excluding hydrogens is 462 g/mol. The zero-order chi connectivity index (χ0) is 22.1. The molecule has 1 aromatic heterocycles. The summed E-state index contributed by atoms with van der Waals surface area (Å²) in [5.74, 6) is -0.146. The molecule has 1 amide bonds. The number of aryl methyl sites for hydroxylation is 1. The van der Waals surface area contributed by atoms with Gasteiger partial charge in [-0.1, -0.05) is 53.0 Å². The van der Waals surface area contributed by atoms with Crippen LogP contribution in [0.25, 0.3) is 22.8 Å². The van der Waals surface area contributed by atoms with Crippen molar-refractivity contribution in [3.63, 3.8) is 0 Å². The lowest BCUT2D eigenvalue weighted by molar-refractivity contribution is 0.102. The number of carbonyl (C=O) groups is 1. The van der Waals surface area contributed by atoms with Crippen LogP contribution in [0.4, 0.5) is 10.1 Å². The number of hydrogen-bond acceptors (Lipinski definition) is 3. The van der Waals surface area contributed by atoms with Crippen LogP contribution in [0.2, 0.25) is 15.1 Å². The van der Waals surface area contributed by atoms with Crippen LogP contribution >= 0.6 is 34.8 Å². The van der Waals surface area contributed by atoms with Gasteiger partial charge in [0.05, 0.1) is 21.3 Å². The molecule has 0 saturated carbocycles. The Morgan fingerprint density at radius 1 is 1.00 bits per heavy atom. The second kappa shape index (κ2) is 8.67. The van der Waals surface area contributed by atoms with E-state index >= 15 is 0 Å². The summed E-state index contributed by atoms with van der Waals surface area (Å²) in [6.07, 6.45) is 0. The first-order valence-corrected chi connectivity index (χ1v) is 10.2. The van der Waals surface area contributed by atoms with E-state index < -0.39 is 5.82 Å². The Morgan fingerprint density at radius 3 is 2.42 bits per heavy atom. The maximum Gasteiger partial charge on any atom is 0.255 e. The summed E-state index contributed by atoms with van der Waals surface area (Å²) in [5.41, 5.74) is 1.73. The van der Waals surface area contributed by atoms with Gasteiger partial charge in [-0.05, 0) is 42.5 Å². The SMILES string of the molecule is Cn1nc(-c2c(F)cccc2Cl)nc1-c1ccc(C(=O)Nc2ccc(Cl)cc2Cl)cc1. The zero-order valence-electron chi connectivity index (χ0n) is 16.0. The quantitative estimate of drug-likeness (QED) is 0.366. The molecule has 0 spiro atoms. The van der Waals surface area contributed by atoms with Gasteiger partial charge in [0.25, 0.3) is 5.91 Å². The van der Waals surface area contributed by atoms with Gasteiger partial charge >= 0.3 is 0 Å². The first kappa shape index (κ1) is 21.3. The van der Waals surface area contributed by atoms with Crippen LogP contribution in [0.15, 0.2) is 60.7 Å². The molecule has 5 nitrogen and oxygen atoms in total. The molecule has 4 rings (SSSR count). The lowest BCUT2D eigenvalue weighted by atomic mass is 10.1. The van der Waals surface area contributed by atoms with Crippen molar-refractivity contribution in [2.45, 2.75) is 0 Å². The van der Waals surface area contributed by atoms with Gasteiger partial charge in [-0.2, -0.15) is 5.10 Å². The molecule has 0 radical (unpaired) electrons. The van der Waals surface area contributed by atoms with Crippen molar-refractivity contribution < 1.29 is 9.18 Å². The first-order chi connectivity index (χ1) is 14.8. The Bertz CT molecular complexity index is 1270.